The van der Waals surface area contributed by atoms with Gasteiger partial charge in [0, 0.05) is 30.3 Å². The third-order valence-electron chi connectivity index (χ3n) is 2.32. The number of hydrogen-bond donors (Lipinski definition) is 1. The molecular formula is C12H18BrN3O. The van der Waals surface area contributed by atoms with Gasteiger partial charge in [-0.1, -0.05) is 15.9 Å². The van der Waals surface area contributed by atoms with E-state index in [0.717, 1.165) is 16.7 Å². The summed E-state index contributed by atoms with van der Waals surface area (Å²) in [5.41, 5.74) is 0.801. The summed E-state index contributed by atoms with van der Waals surface area (Å²) in [5.74, 6) is 0. The predicted octanol–water partition coefficient (Wildman–Crippen LogP) is 2.47. The van der Waals surface area contributed by atoms with Crippen molar-refractivity contribution < 1.29 is 4.79 Å². The summed E-state index contributed by atoms with van der Waals surface area (Å²) >= 11 is 3.35. The molecule has 1 aromatic rings. The second kappa shape index (κ2) is 6.61. The Morgan fingerprint density at radius 2 is 1.76 bits per heavy atom. The summed E-state index contributed by atoms with van der Waals surface area (Å²) in [6, 6.07) is 7.43. The minimum absolute atomic E-state index is 0.0887. The number of carbonyl (C=O) groups is 1. The fourth-order valence-corrected chi connectivity index (χ4v) is 1.47. The van der Waals surface area contributed by atoms with Crippen LogP contribution in [-0.4, -0.2) is 50.1 Å². The second-order valence-electron chi connectivity index (χ2n) is 4.16. The molecule has 0 aliphatic rings. The number of nitrogens with one attached hydrogen (secondary N) is 1. The van der Waals surface area contributed by atoms with Gasteiger partial charge in [-0.2, -0.15) is 0 Å². The van der Waals surface area contributed by atoms with Gasteiger partial charge >= 0.3 is 6.03 Å². The van der Waals surface area contributed by atoms with Crippen molar-refractivity contribution in [3.05, 3.63) is 28.7 Å². The summed E-state index contributed by atoms with van der Waals surface area (Å²) in [7, 11) is 5.76. The summed E-state index contributed by atoms with van der Waals surface area (Å²) in [6.07, 6.45) is 0. The first kappa shape index (κ1) is 14.0. The van der Waals surface area contributed by atoms with Crippen LogP contribution in [0.3, 0.4) is 0 Å². The predicted molar refractivity (Wildman–Crippen MR) is 74.3 cm³/mol. The van der Waals surface area contributed by atoms with Crippen molar-refractivity contribution in [2.75, 3.05) is 39.5 Å². The fraction of sp³-hybridized carbons (Fsp3) is 0.417. The third-order valence-corrected chi connectivity index (χ3v) is 2.85. The summed E-state index contributed by atoms with van der Waals surface area (Å²) in [4.78, 5) is 15.5. The molecular weight excluding hydrogens is 282 g/mol. The van der Waals surface area contributed by atoms with Crippen LogP contribution in [0.2, 0.25) is 0 Å². The smallest absolute Gasteiger partial charge is 0.321 e. The van der Waals surface area contributed by atoms with E-state index < -0.39 is 0 Å². The molecule has 1 aromatic carbocycles. The van der Waals surface area contributed by atoms with Gasteiger partial charge in [-0.15, -0.1) is 0 Å². The molecule has 2 amide bonds. The Balaban J connectivity index is 2.45. The molecule has 0 fully saturated rings. The molecule has 0 bridgehead atoms. The van der Waals surface area contributed by atoms with Gasteiger partial charge in [0.25, 0.3) is 0 Å². The van der Waals surface area contributed by atoms with Gasteiger partial charge in [0.05, 0.1) is 0 Å². The van der Waals surface area contributed by atoms with E-state index in [4.69, 9.17) is 0 Å². The highest BCUT2D eigenvalue weighted by atomic mass is 79.9. The number of urea groups is 1. The van der Waals surface area contributed by atoms with E-state index in [0.29, 0.717) is 6.54 Å². The number of anilines is 1. The van der Waals surface area contributed by atoms with Crippen LogP contribution in [0.25, 0.3) is 0 Å². The maximum absolute atomic E-state index is 11.8. The van der Waals surface area contributed by atoms with E-state index in [9.17, 15) is 4.79 Å². The average Bonchev–Trinajstić information content (AvgIpc) is 2.28. The van der Waals surface area contributed by atoms with Gasteiger partial charge in [0.1, 0.15) is 0 Å². The van der Waals surface area contributed by atoms with Crippen LogP contribution in [0.15, 0.2) is 28.7 Å². The molecule has 0 spiro atoms. The maximum Gasteiger partial charge on any atom is 0.321 e. The first-order valence-corrected chi connectivity index (χ1v) is 6.21. The lowest BCUT2D eigenvalue weighted by molar-refractivity contribution is 0.217. The minimum atomic E-state index is -0.0887. The second-order valence-corrected chi connectivity index (χ2v) is 5.08. The first-order chi connectivity index (χ1) is 7.99. The lowest BCUT2D eigenvalue weighted by atomic mass is 10.3. The summed E-state index contributed by atoms with van der Waals surface area (Å²) < 4.78 is 0.997. The van der Waals surface area contributed by atoms with E-state index in [2.05, 4.69) is 21.2 Å². The van der Waals surface area contributed by atoms with E-state index in [-0.39, 0.29) is 6.03 Å². The summed E-state index contributed by atoms with van der Waals surface area (Å²) in [5, 5.41) is 2.84. The Labute approximate surface area is 111 Å². The number of hydrogen-bond acceptors (Lipinski definition) is 2. The van der Waals surface area contributed by atoms with Crippen molar-refractivity contribution >= 4 is 27.6 Å². The highest BCUT2D eigenvalue weighted by Gasteiger charge is 2.08. The van der Waals surface area contributed by atoms with Crippen LogP contribution in [0.4, 0.5) is 10.5 Å². The molecule has 0 aromatic heterocycles. The standard InChI is InChI=1S/C12H18BrN3O/c1-15(2)8-9-16(3)12(17)14-11-6-4-10(13)5-7-11/h4-7H,8-9H2,1-3H3,(H,14,17). The molecule has 17 heavy (non-hydrogen) atoms. The number of likely N-dealkylation sites (N-methyl/N-ethyl adjacent to an activating group) is 2. The first-order valence-electron chi connectivity index (χ1n) is 5.41. The highest BCUT2D eigenvalue weighted by molar-refractivity contribution is 9.10. The number of rotatable bonds is 4. The topological polar surface area (TPSA) is 35.6 Å². The zero-order chi connectivity index (χ0) is 12.8. The molecule has 0 saturated heterocycles. The van der Waals surface area contributed by atoms with E-state index in [1.807, 2.05) is 43.3 Å². The van der Waals surface area contributed by atoms with Gasteiger partial charge < -0.3 is 15.1 Å². The quantitative estimate of drug-likeness (QED) is 0.927. The number of benzene rings is 1. The van der Waals surface area contributed by atoms with Crippen LogP contribution >= 0.6 is 15.9 Å². The van der Waals surface area contributed by atoms with Gasteiger partial charge in [-0.3, -0.25) is 0 Å². The Hall–Kier alpha value is -1.07. The molecule has 1 rings (SSSR count). The normalized spacial score (nSPS) is 10.4. The van der Waals surface area contributed by atoms with Gasteiger partial charge in [-0.25, -0.2) is 4.79 Å². The summed E-state index contributed by atoms with van der Waals surface area (Å²) in [6.45, 7) is 1.56. The van der Waals surface area contributed by atoms with Crippen molar-refractivity contribution in [2.45, 2.75) is 0 Å². The number of amides is 2. The monoisotopic (exact) mass is 299 g/mol. The molecule has 0 aliphatic carbocycles. The zero-order valence-corrected chi connectivity index (χ0v) is 12.0. The van der Waals surface area contributed by atoms with Crippen molar-refractivity contribution in [3.8, 4) is 0 Å². The average molecular weight is 300 g/mol. The zero-order valence-electron chi connectivity index (χ0n) is 10.4. The van der Waals surface area contributed by atoms with Crippen LogP contribution < -0.4 is 5.32 Å². The van der Waals surface area contributed by atoms with E-state index in [1.54, 1.807) is 11.9 Å². The Morgan fingerprint density at radius 1 is 1.18 bits per heavy atom. The molecule has 0 heterocycles. The van der Waals surface area contributed by atoms with Crippen molar-refractivity contribution in [3.63, 3.8) is 0 Å². The Morgan fingerprint density at radius 3 is 2.29 bits per heavy atom. The van der Waals surface area contributed by atoms with Crippen LogP contribution in [0, 0.1) is 0 Å². The third kappa shape index (κ3) is 5.19. The molecule has 5 heteroatoms. The molecule has 4 nitrogen and oxygen atoms in total. The number of halogens is 1. The molecule has 1 N–H and O–H groups in total. The van der Waals surface area contributed by atoms with E-state index in [1.165, 1.54) is 0 Å². The minimum Gasteiger partial charge on any atom is -0.326 e. The fourth-order valence-electron chi connectivity index (χ4n) is 1.20. The molecule has 0 aliphatic heterocycles. The van der Waals surface area contributed by atoms with Gasteiger partial charge in [0.2, 0.25) is 0 Å². The Bertz CT molecular complexity index is 365. The highest BCUT2D eigenvalue weighted by Crippen LogP contribution is 2.14. The van der Waals surface area contributed by atoms with E-state index >= 15 is 0 Å². The van der Waals surface area contributed by atoms with Crippen LogP contribution in [0.1, 0.15) is 0 Å². The molecule has 0 saturated carbocycles. The van der Waals surface area contributed by atoms with Crippen LogP contribution in [0.5, 0.6) is 0 Å². The van der Waals surface area contributed by atoms with Gasteiger partial charge in [0.15, 0.2) is 0 Å². The molecule has 0 radical (unpaired) electrons. The van der Waals surface area contributed by atoms with Crippen molar-refractivity contribution in [1.82, 2.24) is 9.80 Å². The lowest BCUT2D eigenvalue weighted by Crippen LogP contribution is -2.36. The molecule has 0 unspecified atom stereocenters. The molecule has 0 atom stereocenters. The van der Waals surface area contributed by atoms with Crippen LogP contribution in [-0.2, 0) is 0 Å². The number of nitrogens with zero attached hydrogens (tertiary/aromatic N) is 2. The molecule has 94 valence electrons. The van der Waals surface area contributed by atoms with Crippen molar-refractivity contribution in [1.29, 1.82) is 0 Å². The Kier molecular flexibility index (Phi) is 5.44. The lowest BCUT2D eigenvalue weighted by Gasteiger charge is -2.20. The van der Waals surface area contributed by atoms with Gasteiger partial charge in [-0.05, 0) is 38.4 Å². The number of carbonyl (C=O) groups excluding carboxylic acids is 1. The van der Waals surface area contributed by atoms with Crippen molar-refractivity contribution in [2.24, 2.45) is 0 Å². The maximum atomic E-state index is 11.8. The SMILES string of the molecule is CN(C)CCN(C)C(=O)Nc1ccc(Br)cc1. The largest absolute Gasteiger partial charge is 0.326 e.